The van der Waals surface area contributed by atoms with Gasteiger partial charge >= 0.3 is 12.0 Å². The highest BCUT2D eigenvalue weighted by molar-refractivity contribution is 5.97. The van der Waals surface area contributed by atoms with Gasteiger partial charge in [0.05, 0.1) is 11.9 Å². The van der Waals surface area contributed by atoms with Crippen LogP contribution in [0.1, 0.15) is 24.5 Å². The zero-order valence-corrected chi connectivity index (χ0v) is 15.2. The molecule has 0 saturated heterocycles. The van der Waals surface area contributed by atoms with Gasteiger partial charge in [-0.3, -0.25) is 4.90 Å². The second-order valence-electron chi connectivity index (χ2n) is 6.40. The topological polar surface area (TPSA) is 84.7 Å². The van der Waals surface area contributed by atoms with E-state index in [9.17, 15) is 9.59 Å². The average Bonchev–Trinajstić information content (AvgIpc) is 2.84. The van der Waals surface area contributed by atoms with Crippen molar-refractivity contribution in [2.75, 3.05) is 4.90 Å². The summed E-state index contributed by atoms with van der Waals surface area (Å²) < 4.78 is 5.28. The van der Waals surface area contributed by atoms with E-state index >= 15 is 0 Å². The number of hydrogen-bond acceptors (Lipinski definition) is 4. The number of nitrogens with zero attached hydrogens (tertiary/aromatic N) is 1. The molecule has 0 aromatic heterocycles. The maximum atomic E-state index is 12.8. The molecule has 3 N–H and O–H groups in total. The van der Waals surface area contributed by atoms with E-state index in [0.29, 0.717) is 12.1 Å². The second-order valence-corrected chi connectivity index (χ2v) is 6.40. The average molecular weight is 365 g/mol. The first-order valence-electron chi connectivity index (χ1n) is 8.87. The first-order valence-corrected chi connectivity index (χ1v) is 8.87. The number of benzene rings is 2. The summed E-state index contributed by atoms with van der Waals surface area (Å²) in [5.74, 6) is -0.498. The van der Waals surface area contributed by atoms with E-state index in [-0.39, 0.29) is 6.61 Å². The number of urea groups is 1. The van der Waals surface area contributed by atoms with E-state index in [2.05, 4.69) is 5.32 Å². The van der Waals surface area contributed by atoms with Gasteiger partial charge < -0.3 is 15.8 Å². The Hall–Kier alpha value is -3.12. The molecule has 2 atom stereocenters. The number of anilines is 1. The van der Waals surface area contributed by atoms with Crippen LogP contribution in [0.25, 0.3) is 6.08 Å². The first-order chi connectivity index (χ1) is 13.1. The SMILES string of the molecule is CC(NC(=O)N1c2ccccc2C=CCC1N)C(=O)OCc1ccccc1. The molecule has 2 amide bonds. The molecule has 2 unspecified atom stereocenters. The van der Waals surface area contributed by atoms with E-state index in [0.717, 1.165) is 11.1 Å². The van der Waals surface area contributed by atoms with Crippen LogP contribution in [0.4, 0.5) is 10.5 Å². The minimum atomic E-state index is -0.795. The number of fused-ring (bicyclic) bond motifs is 1. The van der Waals surface area contributed by atoms with Crippen molar-refractivity contribution in [1.29, 1.82) is 0 Å². The highest BCUT2D eigenvalue weighted by atomic mass is 16.5. The molecule has 6 heteroatoms. The molecular formula is C21H23N3O3. The highest BCUT2D eigenvalue weighted by Crippen LogP contribution is 2.26. The third-order valence-corrected chi connectivity index (χ3v) is 4.34. The number of esters is 1. The molecule has 0 radical (unpaired) electrons. The Bertz CT molecular complexity index is 836. The van der Waals surface area contributed by atoms with Crippen LogP contribution < -0.4 is 16.0 Å². The zero-order chi connectivity index (χ0) is 19.2. The van der Waals surface area contributed by atoms with Crippen molar-refractivity contribution in [3.63, 3.8) is 0 Å². The third kappa shape index (κ3) is 4.54. The minimum Gasteiger partial charge on any atom is -0.459 e. The lowest BCUT2D eigenvalue weighted by molar-refractivity contribution is -0.146. The molecule has 0 fully saturated rings. The van der Waals surface area contributed by atoms with Crippen LogP contribution in [0.5, 0.6) is 0 Å². The molecule has 0 aliphatic carbocycles. The normalized spacial score (nSPS) is 16.8. The summed E-state index contributed by atoms with van der Waals surface area (Å²) in [5.41, 5.74) is 8.68. The van der Waals surface area contributed by atoms with Crippen molar-refractivity contribution in [1.82, 2.24) is 5.32 Å². The summed E-state index contributed by atoms with van der Waals surface area (Å²) in [6.45, 7) is 1.76. The van der Waals surface area contributed by atoms with Crippen molar-refractivity contribution in [2.45, 2.75) is 32.2 Å². The molecule has 2 aromatic carbocycles. The highest BCUT2D eigenvalue weighted by Gasteiger charge is 2.28. The summed E-state index contributed by atoms with van der Waals surface area (Å²) in [4.78, 5) is 26.5. The van der Waals surface area contributed by atoms with Gasteiger partial charge in [-0.1, -0.05) is 60.7 Å². The third-order valence-electron chi connectivity index (χ3n) is 4.34. The predicted molar refractivity (Wildman–Crippen MR) is 105 cm³/mol. The number of nitrogens with two attached hydrogens (primary N) is 1. The first kappa shape index (κ1) is 18.7. The van der Waals surface area contributed by atoms with Gasteiger partial charge in [0.2, 0.25) is 0 Å². The van der Waals surface area contributed by atoms with Crippen LogP contribution in [0.3, 0.4) is 0 Å². The van der Waals surface area contributed by atoms with Crippen molar-refractivity contribution in [3.8, 4) is 0 Å². The van der Waals surface area contributed by atoms with Crippen LogP contribution >= 0.6 is 0 Å². The molecular weight excluding hydrogens is 342 g/mol. The quantitative estimate of drug-likeness (QED) is 0.816. The Balaban J connectivity index is 1.64. The lowest BCUT2D eigenvalue weighted by atomic mass is 10.1. The van der Waals surface area contributed by atoms with Gasteiger partial charge in [-0.25, -0.2) is 9.59 Å². The molecule has 2 aromatic rings. The van der Waals surface area contributed by atoms with Gasteiger partial charge in [-0.05, 0) is 30.5 Å². The number of carbonyl (C=O) groups excluding carboxylic acids is 2. The van der Waals surface area contributed by atoms with Crippen LogP contribution in [-0.4, -0.2) is 24.2 Å². The fraction of sp³-hybridized carbons (Fsp3) is 0.238. The Labute approximate surface area is 158 Å². The summed E-state index contributed by atoms with van der Waals surface area (Å²) in [6, 6.07) is 15.7. The van der Waals surface area contributed by atoms with E-state index in [1.807, 2.05) is 66.7 Å². The largest absolute Gasteiger partial charge is 0.459 e. The maximum absolute atomic E-state index is 12.8. The number of rotatable bonds is 4. The van der Waals surface area contributed by atoms with Gasteiger partial charge in [0, 0.05) is 0 Å². The lowest BCUT2D eigenvalue weighted by Crippen LogP contribution is -2.53. The summed E-state index contributed by atoms with van der Waals surface area (Å²) in [7, 11) is 0. The lowest BCUT2D eigenvalue weighted by Gasteiger charge is -2.29. The number of hydrogen-bond donors (Lipinski definition) is 2. The van der Waals surface area contributed by atoms with Crippen molar-refractivity contribution >= 4 is 23.8 Å². The summed E-state index contributed by atoms with van der Waals surface area (Å²) >= 11 is 0. The summed E-state index contributed by atoms with van der Waals surface area (Å²) in [5, 5.41) is 2.69. The monoisotopic (exact) mass is 365 g/mol. The van der Waals surface area contributed by atoms with E-state index in [1.165, 1.54) is 4.90 Å². The number of ether oxygens (including phenoxy) is 1. The molecule has 6 nitrogen and oxygen atoms in total. The van der Waals surface area contributed by atoms with E-state index in [4.69, 9.17) is 10.5 Å². The molecule has 0 spiro atoms. The van der Waals surface area contributed by atoms with E-state index in [1.54, 1.807) is 6.92 Å². The van der Waals surface area contributed by atoms with Crippen molar-refractivity contribution in [2.24, 2.45) is 5.73 Å². The second kappa shape index (κ2) is 8.51. The van der Waals surface area contributed by atoms with Crippen molar-refractivity contribution in [3.05, 3.63) is 71.8 Å². The van der Waals surface area contributed by atoms with Gasteiger partial charge in [0.1, 0.15) is 12.6 Å². The van der Waals surface area contributed by atoms with Crippen LogP contribution in [0.15, 0.2) is 60.7 Å². The Morgan fingerprint density at radius 1 is 1.19 bits per heavy atom. The standard InChI is InChI=1S/C21H23N3O3/c1-15(20(25)27-14-16-8-3-2-4-9-16)23-21(26)24-18-12-6-5-10-17(18)11-7-13-19(24)22/h2-12,15,19H,13-14,22H2,1H3,(H,23,26). The number of nitrogens with one attached hydrogen (secondary N) is 1. The Morgan fingerprint density at radius 2 is 1.89 bits per heavy atom. The molecule has 1 heterocycles. The number of para-hydroxylation sites is 1. The molecule has 0 saturated carbocycles. The fourth-order valence-corrected chi connectivity index (χ4v) is 2.89. The molecule has 1 aliphatic rings. The fourth-order valence-electron chi connectivity index (χ4n) is 2.89. The maximum Gasteiger partial charge on any atom is 0.328 e. The van der Waals surface area contributed by atoms with Crippen LogP contribution in [0, 0.1) is 0 Å². The molecule has 0 bridgehead atoms. The Morgan fingerprint density at radius 3 is 2.67 bits per heavy atom. The van der Waals surface area contributed by atoms with Gasteiger partial charge in [-0.15, -0.1) is 0 Å². The molecule has 27 heavy (non-hydrogen) atoms. The smallest absolute Gasteiger partial charge is 0.328 e. The number of amides is 2. The van der Waals surface area contributed by atoms with Gasteiger partial charge in [-0.2, -0.15) is 0 Å². The summed E-state index contributed by atoms with van der Waals surface area (Å²) in [6.07, 6.45) is 3.89. The zero-order valence-electron chi connectivity index (χ0n) is 15.2. The predicted octanol–water partition coefficient (Wildman–Crippen LogP) is 3.04. The Kier molecular flexibility index (Phi) is 5.88. The van der Waals surface area contributed by atoms with Gasteiger partial charge in [0.15, 0.2) is 0 Å². The molecule has 3 rings (SSSR count). The van der Waals surface area contributed by atoms with Crippen LogP contribution in [-0.2, 0) is 16.1 Å². The van der Waals surface area contributed by atoms with Gasteiger partial charge in [0.25, 0.3) is 0 Å². The van der Waals surface area contributed by atoms with Crippen molar-refractivity contribution < 1.29 is 14.3 Å². The minimum absolute atomic E-state index is 0.163. The number of carbonyl (C=O) groups is 2. The molecule has 1 aliphatic heterocycles. The molecule has 140 valence electrons. The van der Waals surface area contributed by atoms with Crippen LogP contribution in [0.2, 0.25) is 0 Å². The van der Waals surface area contributed by atoms with E-state index < -0.39 is 24.2 Å².